The van der Waals surface area contributed by atoms with E-state index in [-0.39, 0.29) is 24.1 Å². The van der Waals surface area contributed by atoms with E-state index < -0.39 is 5.92 Å². The van der Waals surface area contributed by atoms with Gasteiger partial charge in [-0.25, -0.2) is 0 Å². The number of nitrogens with zero attached hydrogens (tertiary/aromatic N) is 1. The number of aryl methyl sites for hydroxylation is 1. The van der Waals surface area contributed by atoms with Crippen molar-refractivity contribution in [2.45, 2.75) is 27.2 Å². The minimum Gasteiger partial charge on any atom is -0.326 e. The highest BCUT2D eigenvalue weighted by molar-refractivity contribution is 6.04. The molecule has 27 heavy (non-hydrogen) atoms. The third-order valence-corrected chi connectivity index (χ3v) is 4.84. The first kappa shape index (κ1) is 18.6. The lowest BCUT2D eigenvalue weighted by Crippen LogP contribution is -2.28. The van der Waals surface area contributed by atoms with Crippen molar-refractivity contribution in [3.63, 3.8) is 0 Å². The molecule has 1 aliphatic rings. The number of nitrogens with one attached hydrogen (secondary N) is 2. The third-order valence-electron chi connectivity index (χ3n) is 4.84. The zero-order valence-electron chi connectivity index (χ0n) is 15.7. The highest BCUT2D eigenvalue weighted by Crippen LogP contribution is 2.28. The average molecular weight is 365 g/mol. The Kier molecular flexibility index (Phi) is 5.26. The van der Waals surface area contributed by atoms with E-state index >= 15 is 0 Å². The number of anilines is 3. The smallest absolute Gasteiger partial charge is 0.229 e. The van der Waals surface area contributed by atoms with Crippen molar-refractivity contribution in [3.05, 3.63) is 53.6 Å². The van der Waals surface area contributed by atoms with E-state index in [9.17, 15) is 14.4 Å². The summed E-state index contributed by atoms with van der Waals surface area (Å²) in [7, 11) is 0. The van der Waals surface area contributed by atoms with E-state index in [1.807, 2.05) is 32.0 Å². The van der Waals surface area contributed by atoms with Gasteiger partial charge in [0, 0.05) is 37.0 Å². The number of hydrogen-bond donors (Lipinski definition) is 2. The maximum atomic E-state index is 12.7. The molecule has 1 atom stereocenters. The number of carbonyl (C=O) groups excluding carboxylic acids is 3. The van der Waals surface area contributed by atoms with Gasteiger partial charge in [0.05, 0.1) is 5.92 Å². The van der Waals surface area contributed by atoms with Crippen LogP contribution in [0.25, 0.3) is 0 Å². The molecule has 6 heteroatoms. The summed E-state index contributed by atoms with van der Waals surface area (Å²) >= 11 is 0. The van der Waals surface area contributed by atoms with Crippen LogP contribution in [0.2, 0.25) is 0 Å². The topological polar surface area (TPSA) is 78.5 Å². The molecule has 0 aromatic heterocycles. The Morgan fingerprint density at radius 3 is 2.56 bits per heavy atom. The first-order valence-electron chi connectivity index (χ1n) is 8.90. The summed E-state index contributed by atoms with van der Waals surface area (Å²) in [4.78, 5) is 37.9. The molecule has 0 saturated carbocycles. The van der Waals surface area contributed by atoms with Crippen molar-refractivity contribution >= 4 is 34.8 Å². The van der Waals surface area contributed by atoms with Crippen molar-refractivity contribution in [2.24, 2.45) is 5.92 Å². The molecule has 0 radical (unpaired) electrons. The Morgan fingerprint density at radius 2 is 1.81 bits per heavy atom. The molecule has 1 saturated heterocycles. The van der Waals surface area contributed by atoms with Crippen molar-refractivity contribution in [2.75, 3.05) is 22.1 Å². The normalized spacial score (nSPS) is 16.3. The quantitative estimate of drug-likeness (QED) is 0.873. The van der Waals surface area contributed by atoms with Gasteiger partial charge in [-0.3, -0.25) is 14.4 Å². The summed E-state index contributed by atoms with van der Waals surface area (Å²) in [6, 6.07) is 12.8. The molecule has 2 aromatic carbocycles. The molecule has 6 nitrogen and oxygen atoms in total. The van der Waals surface area contributed by atoms with Gasteiger partial charge in [-0.1, -0.05) is 18.2 Å². The third kappa shape index (κ3) is 4.16. The fraction of sp³-hybridized carbons (Fsp3) is 0.286. The summed E-state index contributed by atoms with van der Waals surface area (Å²) in [5.41, 5.74) is 4.20. The van der Waals surface area contributed by atoms with Crippen LogP contribution in [0.3, 0.4) is 0 Å². The van der Waals surface area contributed by atoms with E-state index in [1.54, 1.807) is 29.2 Å². The van der Waals surface area contributed by atoms with Crippen molar-refractivity contribution in [1.29, 1.82) is 0 Å². The van der Waals surface area contributed by atoms with Gasteiger partial charge < -0.3 is 15.5 Å². The molecule has 1 aliphatic heterocycles. The number of rotatable bonds is 4. The molecular weight excluding hydrogens is 342 g/mol. The van der Waals surface area contributed by atoms with Crippen LogP contribution in [0.1, 0.15) is 24.5 Å². The Labute approximate surface area is 158 Å². The lowest BCUT2D eigenvalue weighted by molar-refractivity contribution is -0.122. The van der Waals surface area contributed by atoms with Gasteiger partial charge in [-0.15, -0.1) is 0 Å². The molecule has 2 aromatic rings. The van der Waals surface area contributed by atoms with E-state index in [1.165, 1.54) is 6.92 Å². The Balaban J connectivity index is 1.72. The van der Waals surface area contributed by atoms with Gasteiger partial charge in [0.1, 0.15) is 0 Å². The minimum absolute atomic E-state index is 0.101. The zero-order valence-corrected chi connectivity index (χ0v) is 15.7. The van der Waals surface area contributed by atoms with E-state index in [4.69, 9.17) is 0 Å². The van der Waals surface area contributed by atoms with Crippen LogP contribution < -0.4 is 15.5 Å². The molecule has 3 rings (SSSR count). The monoisotopic (exact) mass is 365 g/mol. The van der Waals surface area contributed by atoms with Gasteiger partial charge >= 0.3 is 0 Å². The number of amides is 3. The molecule has 3 amide bonds. The summed E-state index contributed by atoms with van der Waals surface area (Å²) < 4.78 is 0. The average Bonchev–Trinajstić information content (AvgIpc) is 3.00. The molecular formula is C21H23N3O3. The van der Waals surface area contributed by atoms with Crippen molar-refractivity contribution in [1.82, 2.24) is 0 Å². The standard InChI is InChI=1S/C21H23N3O3/c1-13-6-4-9-19(14(13)2)23-21(27)16-10-20(26)24(12-16)18-8-5-7-17(11-18)22-15(3)25/h4-9,11,16H,10,12H2,1-3H3,(H,22,25)(H,23,27)/t16-/m1/s1. The first-order valence-corrected chi connectivity index (χ1v) is 8.90. The molecule has 1 fully saturated rings. The molecule has 0 unspecified atom stereocenters. The van der Waals surface area contributed by atoms with Gasteiger partial charge in [-0.05, 0) is 49.2 Å². The van der Waals surface area contributed by atoms with Crippen molar-refractivity contribution in [3.8, 4) is 0 Å². The van der Waals surface area contributed by atoms with Crippen LogP contribution in [-0.4, -0.2) is 24.3 Å². The predicted octanol–water partition coefficient (Wildman–Crippen LogP) is 3.25. The Hall–Kier alpha value is -3.15. The van der Waals surface area contributed by atoms with Crippen LogP contribution in [-0.2, 0) is 14.4 Å². The van der Waals surface area contributed by atoms with Gasteiger partial charge in [0.25, 0.3) is 0 Å². The largest absolute Gasteiger partial charge is 0.326 e. The fourth-order valence-corrected chi connectivity index (χ4v) is 3.21. The number of hydrogen-bond acceptors (Lipinski definition) is 3. The van der Waals surface area contributed by atoms with Crippen LogP contribution >= 0.6 is 0 Å². The lowest BCUT2D eigenvalue weighted by Gasteiger charge is -2.18. The predicted molar refractivity (Wildman–Crippen MR) is 106 cm³/mol. The molecule has 0 bridgehead atoms. The summed E-state index contributed by atoms with van der Waals surface area (Å²) in [6.45, 7) is 5.71. The van der Waals surface area contributed by atoms with E-state index in [2.05, 4.69) is 10.6 Å². The Morgan fingerprint density at radius 1 is 1.07 bits per heavy atom. The van der Waals surface area contributed by atoms with Gasteiger partial charge in [0.15, 0.2) is 0 Å². The molecule has 1 heterocycles. The highest BCUT2D eigenvalue weighted by Gasteiger charge is 2.35. The van der Waals surface area contributed by atoms with E-state index in [0.717, 1.165) is 16.8 Å². The van der Waals surface area contributed by atoms with Crippen LogP contribution in [0.15, 0.2) is 42.5 Å². The maximum absolute atomic E-state index is 12.7. The second-order valence-electron chi connectivity index (χ2n) is 6.87. The highest BCUT2D eigenvalue weighted by atomic mass is 16.2. The minimum atomic E-state index is -0.415. The van der Waals surface area contributed by atoms with Crippen LogP contribution in [0, 0.1) is 19.8 Å². The maximum Gasteiger partial charge on any atom is 0.229 e. The first-order chi connectivity index (χ1) is 12.8. The second-order valence-corrected chi connectivity index (χ2v) is 6.87. The lowest BCUT2D eigenvalue weighted by atomic mass is 10.1. The molecule has 2 N–H and O–H groups in total. The van der Waals surface area contributed by atoms with Crippen LogP contribution in [0.5, 0.6) is 0 Å². The second kappa shape index (κ2) is 7.61. The van der Waals surface area contributed by atoms with E-state index in [0.29, 0.717) is 17.9 Å². The molecule has 0 spiro atoms. The Bertz CT molecular complexity index is 907. The molecule has 0 aliphatic carbocycles. The summed E-state index contributed by atoms with van der Waals surface area (Å²) in [5.74, 6) is -0.846. The van der Waals surface area contributed by atoms with Crippen LogP contribution in [0.4, 0.5) is 17.1 Å². The summed E-state index contributed by atoms with van der Waals surface area (Å²) in [5, 5.41) is 5.65. The van der Waals surface area contributed by atoms with Crippen molar-refractivity contribution < 1.29 is 14.4 Å². The van der Waals surface area contributed by atoms with Gasteiger partial charge in [-0.2, -0.15) is 0 Å². The SMILES string of the molecule is CC(=O)Nc1cccc(N2C[C@H](C(=O)Nc3cccc(C)c3C)CC2=O)c1. The zero-order chi connectivity index (χ0) is 19.6. The molecule has 140 valence electrons. The fourth-order valence-electron chi connectivity index (χ4n) is 3.21. The summed E-state index contributed by atoms with van der Waals surface area (Å²) in [6.07, 6.45) is 0.168. The van der Waals surface area contributed by atoms with Gasteiger partial charge in [0.2, 0.25) is 17.7 Å². The number of carbonyl (C=O) groups is 3. The number of benzene rings is 2.